The first-order valence-electron chi connectivity index (χ1n) is 5.72. The smallest absolute Gasteiger partial charge is 0.345 e. The van der Waals surface area contributed by atoms with Gasteiger partial charge in [0.25, 0.3) is 0 Å². The predicted molar refractivity (Wildman–Crippen MR) is 78.2 cm³/mol. The maximum absolute atomic E-state index is 12.5. The summed E-state index contributed by atoms with van der Waals surface area (Å²) in [6.45, 7) is 6.39. The van der Waals surface area contributed by atoms with Gasteiger partial charge in [0.2, 0.25) is 10.0 Å². The maximum Gasteiger partial charge on any atom is 0.345 e. The van der Waals surface area contributed by atoms with E-state index >= 15 is 0 Å². The molecule has 1 aromatic rings. The van der Waals surface area contributed by atoms with Gasteiger partial charge < -0.3 is 5.11 Å². The average molecular weight is 370 g/mol. The number of nitrogens with zero attached hydrogens (tertiary/aromatic N) is 1. The molecule has 0 aliphatic carbocycles. The van der Waals surface area contributed by atoms with Gasteiger partial charge in [-0.1, -0.05) is 20.8 Å². The highest BCUT2D eigenvalue weighted by Gasteiger charge is 2.28. The van der Waals surface area contributed by atoms with Crippen LogP contribution in [0.3, 0.4) is 0 Å². The third-order valence-corrected chi connectivity index (χ3v) is 6.59. The molecule has 0 saturated carbocycles. The van der Waals surface area contributed by atoms with Gasteiger partial charge in [-0.05, 0) is 27.9 Å². The van der Waals surface area contributed by atoms with E-state index in [4.69, 9.17) is 5.11 Å². The Morgan fingerprint density at radius 2 is 2.11 bits per heavy atom. The molecule has 0 spiro atoms. The molecule has 0 bridgehead atoms. The van der Waals surface area contributed by atoms with Gasteiger partial charge in [0, 0.05) is 13.1 Å². The number of thiophene rings is 1. The summed E-state index contributed by atoms with van der Waals surface area (Å²) in [5.41, 5.74) is 0. The zero-order valence-electron chi connectivity index (χ0n) is 10.9. The van der Waals surface area contributed by atoms with Crippen molar-refractivity contribution in [2.45, 2.75) is 25.7 Å². The van der Waals surface area contributed by atoms with Crippen LogP contribution in [0.1, 0.15) is 30.4 Å². The minimum atomic E-state index is -3.66. The summed E-state index contributed by atoms with van der Waals surface area (Å²) in [4.78, 5) is 10.9. The predicted octanol–water partition coefficient (Wildman–Crippen LogP) is 2.88. The van der Waals surface area contributed by atoms with Gasteiger partial charge >= 0.3 is 5.97 Å². The Morgan fingerprint density at radius 1 is 1.53 bits per heavy atom. The number of sulfonamides is 1. The molecule has 0 atom stereocenters. The highest BCUT2D eigenvalue weighted by atomic mass is 79.9. The molecule has 1 aromatic heterocycles. The zero-order valence-corrected chi connectivity index (χ0v) is 14.1. The van der Waals surface area contributed by atoms with Crippen molar-refractivity contribution in [3.63, 3.8) is 0 Å². The number of carboxylic acid groups (broad SMARTS) is 1. The Hall–Kier alpha value is -0.440. The van der Waals surface area contributed by atoms with Gasteiger partial charge in [0.1, 0.15) is 9.77 Å². The van der Waals surface area contributed by atoms with E-state index in [2.05, 4.69) is 15.9 Å². The second-order valence-electron chi connectivity index (χ2n) is 4.40. The lowest BCUT2D eigenvalue weighted by Crippen LogP contribution is -2.34. The van der Waals surface area contributed by atoms with Crippen LogP contribution < -0.4 is 0 Å². The van der Waals surface area contributed by atoms with Crippen molar-refractivity contribution in [3.8, 4) is 0 Å². The van der Waals surface area contributed by atoms with Crippen LogP contribution in [-0.2, 0) is 10.0 Å². The molecule has 0 fully saturated rings. The van der Waals surface area contributed by atoms with Crippen molar-refractivity contribution in [3.05, 3.63) is 14.7 Å². The van der Waals surface area contributed by atoms with Crippen LogP contribution >= 0.6 is 27.3 Å². The Bertz CT molecular complexity index is 565. The highest BCUT2D eigenvalue weighted by Crippen LogP contribution is 2.33. The lowest BCUT2D eigenvalue weighted by Gasteiger charge is -2.21. The second-order valence-corrected chi connectivity index (χ2v) is 8.68. The molecule has 0 aliphatic heterocycles. The van der Waals surface area contributed by atoms with Gasteiger partial charge in [-0.25, -0.2) is 13.2 Å². The first-order chi connectivity index (χ1) is 8.70. The topological polar surface area (TPSA) is 74.7 Å². The molecule has 0 saturated heterocycles. The Balaban J connectivity index is 3.22. The SMILES string of the molecule is CCN(CC(C)C)S(=O)(=O)c1cc(C(=O)O)sc1Br. The minimum absolute atomic E-state index is 0.00560. The minimum Gasteiger partial charge on any atom is -0.477 e. The first-order valence-corrected chi connectivity index (χ1v) is 8.77. The fourth-order valence-electron chi connectivity index (χ4n) is 1.58. The van der Waals surface area contributed by atoms with E-state index < -0.39 is 16.0 Å². The molecule has 1 rings (SSSR count). The van der Waals surface area contributed by atoms with Crippen LogP contribution in [0, 0.1) is 5.92 Å². The summed E-state index contributed by atoms with van der Waals surface area (Å²) in [6.07, 6.45) is 0. The number of hydrogen-bond acceptors (Lipinski definition) is 4. The number of carboxylic acids is 1. The molecule has 0 aromatic carbocycles. The number of rotatable bonds is 6. The normalized spacial score (nSPS) is 12.3. The molecule has 108 valence electrons. The Morgan fingerprint density at radius 3 is 2.47 bits per heavy atom. The number of aromatic carboxylic acids is 1. The first kappa shape index (κ1) is 16.6. The van der Waals surface area contributed by atoms with E-state index in [-0.39, 0.29) is 15.7 Å². The van der Waals surface area contributed by atoms with Crippen LogP contribution in [0.25, 0.3) is 0 Å². The van der Waals surface area contributed by atoms with Gasteiger partial charge in [-0.3, -0.25) is 0 Å². The van der Waals surface area contributed by atoms with E-state index in [0.717, 1.165) is 11.3 Å². The van der Waals surface area contributed by atoms with Crippen molar-refractivity contribution >= 4 is 43.3 Å². The summed E-state index contributed by atoms with van der Waals surface area (Å²) < 4.78 is 26.6. The molecule has 5 nitrogen and oxygen atoms in total. The number of halogens is 1. The van der Waals surface area contributed by atoms with E-state index in [1.165, 1.54) is 10.4 Å². The molecular formula is C11H16BrNO4S2. The summed E-state index contributed by atoms with van der Waals surface area (Å²) >= 11 is 4.04. The lowest BCUT2D eigenvalue weighted by atomic mass is 10.2. The molecule has 8 heteroatoms. The third-order valence-electron chi connectivity index (χ3n) is 2.41. The van der Waals surface area contributed by atoms with Crippen molar-refractivity contribution in [2.24, 2.45) is 5.92 Å². The highest BCUT2D eigenvalue weighted by molar-refractivity contribution is 9.11. The lowest BCUT2D eigenvalue weighted by molar-refractivity contribution is 0.0702. The van der Waals surface area contributed by atoms with Crippen molar-refractivity contribution < 1.29 is 18.3 Å². The molecule has 0 amide bonds. The summed E-state index contributed by atoms with van der Waals surface area (Å²) in [5, 5.41) is 8.91. The van der Waals surface area contributed by atoms with Gasteiger partial charge in [0.05, 0.1) is 3.79 Å². The average Bonchev–Trinajstić information content (AvgIpc) is 2.68. The van der Waals surface area contributed by atoms with Crippen LogP contribution in [0.4, 0.5) is 0 Å². The molecule has 1 heterocycles. The van der Waals surface area contributed by atoms with Crippen molar-refractivity contribution in [2.75, 3.05) is 13.1 Å². The summed E-state index contributed by atoms with van der Waals surface area (Å²) in [5.74, 6) is -0.926. The third kappa shape index (κ3) is 3.77. The van der Waals surface area contributed by atoms with Gasteiger partial charge in [-0.15, -0.1) is 11.3 Å². The molecule has 19 heavy (non-hydrogen) atoms. The van der Waals surface area contributed by atoms with Crippen LogP contribution in [0.2, 0.25) is 0 Å². The largest absolute Gasteiger partial charge is 0.477 e. The number of carbonyl (C=O) groups is 1. The molecule has 0 unspecified atom stereocenters. The standard InChI is InChI=1S/C11H16BrNO4S2/c1-4-13(6-7(2)3)19(16,17)9-5-8(11(14)15)18-10(9)12/h5,7H,4,6H2,1-3H3,(H,14,15). The van der Waals surface area contributed by atoms with Gasteiger partial charge in [-0.2, -0.15) is 4.31 Å². The fraction of sp³-hybridized carbons (Fsp3) is 0.545. The number of hydrogen-bond donors (Lipinski definition) is 1. The fourth-order valence-corrected chi connectivity index (χ4v) is 5.54. The zero-order chi connectivity index (χ0) is 14.8. The molecular weight excluding hydrogens is 354 g/mol. The van der Waals surface area contributed by atoms with Crippen LogP contribution in [0.15, 0.2) is 14.7 Å². The second kappa shape index (κ2) is 6.34. The molecule has 1 N–H and O–H groups in total. The Kier molecular flexibility index (Phi) is 5.54. The van der Waals surface area contributed by atoms with Gasteiger partial charge in [0.15, 0.2) is 0 Å². The molecule has 0 radical (unpaired) electrons. The van der Waals surface area contributed by atoms with Crippen molar-refractivity contribution in [1.82, 2.24) is 4.31 Å². The van der Waals surface area contributed by atoms with E-state index in [9.17, 15) is 13.2 Å². The van der Waals surface area contributed by atoms with Crippen molar-refractivity contribution in [1.29, 1.82) is 0 Å². The summed E-state index contributed by atoms with van der Waals surface area (Å²) in [7, 11) is -3.66. The van der Waals surface area contributed by atoms with E-state index in [0.29, 0.717) is 16.9 Å². The molecule has 0 aliphatic rings. The van der Waals surface area contributed by atoms with Crippen LogP contribution in [0.5, 0.6) is 0 Å². The van der Waals surface area contributed by atoms with E-state index in [1.807, 2.05) is 13.8 Å². The van der Waals surface area contributed by atoms with E-state index in [1.54, 1.807) is 6.92 Å². The summed E-state index contributed by atoms with van der Waals surface area (Å²) in [6, 6.07) is 1.20. The van der Waals surface area contributed by atoms with Crippen LogP contribution in [-0.4, -0.2) is 36.9 Å². The maximum atomic E-state index is 12.5. The quantitative estimate of drug-likeness (QED) is 0.836. The Labute approximate surface area is 125 Å². The monoisotopic (exact) mass is 369 g/mol.